The second-order valence-electron chi connectivity index (χ2n) is 5.01. The molecule has 5 nitrogen and oxygen atoms in total. The highest BCUT2D eigenvalue weighted by Crippen LogP contribution is 2.44. The van der Waals surface area contributed by atoms with Crippen LogP contribution in [0.4, 0.5) is 0 Å². The average Bonchev–Trinajstić information content (AvgIpc) is 2.48. The number of aliphatic hydroxyl groups is 1. The van der Waals surface area contributed by atoms with Gasteiger partial charge in [0.25, 0.3) is 0 Å². The zero-order valence-electron chi connectivity index (χ0n) is 11.5. The van der Waals surface area contributed by atoms with Gasteiger partial charge in [-0.2, -0.15) is 0 Å². The SMILES string of the molecule is COc1ccc([C@@H]2COc3cc(O)ccc3C2O)c(O)c1. The molecule has 0 radical (unpaired) electrons. The van der Waals surface area contributed by atoms with Crippen LogP contribution in [0.5, 0.6) is 23.0 Å². The summed E-state index contributed by atoms with van der Waals surface area (Å²) in [5, 5.41) is 30.1. The minimum absolute atomic E-state index is 0.0595. The summed E-state index contributed by atoms with van der Waals surface area (Å²) in [6.07, 6.45) is -0.811. The molecular formula is C16H16O5. The van der Waals surface area contributed by atoms with Crippen molar-refractivity contribution in [2.75, 3.05) is 13.7 Å². The van der Waals surface area contributed by atoms with Gasteiger partial charge in [-0.1, -0.05) is 6.07 Å². The van der Waals surface area contributed by atoms with Crippen molar-refractivity contribution in [2.45, 2.75) is 12.0 Å². The first kappa shape index (κ1) is 13.6. The lowest BCUT2D eigenvalue weighted by Gasteiger charge is -2.31. The Kier molecular flexibility index (Phi) is 3.35. The van der Waals surface area contributed by atoms with Gasteiger partial charge in [0.2, 0.25) is 0 Å². The van der Waals surface area contributed by atoms with E-state index >= 15 is 0 Å². The molecule has 21 heavy (non-hydrogen) atoms. The predicted octanol–water partition coefficient (Wildman–Crippen LogP) is 2.32. The third kappa shape index (κ3) is 2.36. The van der Waals surface area contributed by atoms with Gasteiger partial charge in [-0.15, -0.1) is 0 Å². The Hall–Kier alpha value is -2.40. The number of aromatic hydroxyl groups is 2. The van der Waals surface area contributed by atoms with Gasteiger partial charge in [0.15, 0.2) is 0 Å². The van der Waals surface area contributed by atoms with Gasteiger partial charge in [-0.3, -0.25) is 0 Å². The third-order valence-corrected chi connectivity index (χ3v) is 3.75. The summed E-state index contributed by atoms with van der Waals surface area (Å²) in [5.41, 5.74) is 1.20. The number of ether oxygens (including phenoxy) is 2. The molecule has 0 saturated heterocycles. The molecular weight excluding hydrogens is 272 g/mol. The van der Waals surface area contributed by atoms with Crippen molar-refractivity contribution in [1.82, 2.24) is 0 Å². The Labute approximate surface area is 122 Å². The Morgan fingerprint density at radius 3 is 2.57 bits per heavy atom. The smallest absolute Gasteiger partial charge is 0.128 e. The molecule has 5 heteroatoms. The molecule has 2 aromatic carbocycles. The first-order chi connectivity index (χ1) is 10.1. The van der Waals surface area contributed by atoms with Crippen LogP contribution in [0.1, 0.15) is 23.1 Å². The number of benzene rings is 2. The lowest BCUT2D eigenvalue weighted by Crippen LogP contribution is -2.24. The molecule has 3 N–H and O–H groups in total. The van der Waals surface area contributed by atoms with E-state index in [-0.39, 0.29) is 24.0 Å². The minimum atomic E-state index is -0.811. The highest BCUT2D eigenvalue weighted by Gasteiger charge is 2.32. The molecule has 0 aliphatic carbocycles. The zero-order chi connectivity index (χ0) is 15.0. The van der Waals surface area contributed by atoms with Crippen LogP contribution in [0.25, 0.3) is 0 Å². The van der Waals surface area contributed by atoms with Crippen LogP contribution in [-0.2, 0) is 0 Å². The highest BCUT2D eigenvalue weighted by molar-refractivity contribution is 5.48. The van der Waals surface area contributed by atoms with Gasteiger partial charge in [-0.05, 0) is 18.2 Å². The Bertz CT molecular complexity index is 668. The number of phenols is 2. The van der Waals surface area contributed by atoms with Crippen LogP contribution < -0.4 is 9.47 Å². The molecule has 1 unspecified atom stereocenters. The molecule has 3 rings (SSSR count). The first-order valence-electron chi connectivity index (χ1n) is 6.61. The largest absolute Gasteiger partial charge is 0.508 e. The van der Waals surface area contributed by atoms with E-state index in [2.05, 4.69) is 0 Å². The summed E-state index contributed by atoms with van der Waals surface area (Å²) in [6.45, 7) is 0.220. The summed E-state index contributed by atoms with van der Waals surface area (Å²) in [5.74, 6) is 0.781. The fourth-order valence-electron chi connectivity index (χ4n) is 2.60. The molecule has 0 aromatic heterocycles. The number of methoxy groups -OCH3 is 1. The van der Waals surface area contributed by atoms with Gasteiger partial charge >= 0.3 is 0 Å². The Morgan fingerprint density at radius 1 is 1.10 bits per heavy atom. The number of phenolic OH excluding ortho intramolecular Hbond substituents is 2. The van der Waals surface area contributed by atoms with Crippen LogP contribution in [0.15, 0.2) is 36.4 Å². The fourth-order valence-corrected chi connectivity index (χ4v) is 2.60. The number of hydrogen-bond donors (Lipinski definition) is 3. The molecule has 0 saturated carbocycles. The fraction of sp³-hybridized carbons (Fsp3) is 0.250. The van der Waals surface area contributed by atoms with Crippen molar-refractivity contribution in [3.05, 3.63) is 47.5 Å². The van der Waals surface area contributed by atoms with Crippen LogP contribution in [-0.4, -0.2) is 29.0 Å². The van der Waals surface area contributed by atoms with Crippen molar-refractivity contribution >= 4 is 0 Å². The maximum absolute atomic E-state index is 10.5. The summed E-state index contributed by atoms with van der Waals surface area (Å²) < 4.78 is 10.6. The average molecular weight is 288 g/mol. The van der Waals surface area contributed by atoms with Crippen LogP contribution in [0, 0.1) is 0 Å². The number of fused-ring (bicyclic) bond motifs is 1. The molecule has 0 spiro atoms. The standard InChI is InChI=1S/C16H16O5/c1-20-10-3-5-11(14(18)7-10)13-8-21-15-6-9(17)2-4-12(15)16(13)19/h2-7,13,16-19H,8H2,1H3/t13-,16?/m0/s1. The van der Waals surface area contributed by atoms with E-state index < -0.39 is 6.10 Å². The normalized spacial score (nSPS) is 20.5. The summed E-state index contributed by atoms with van der Waals surface area (Å²) in [6, 6.07) is 9.56. The van der Waals surface area contributed by atoms with E-state index in [1.807, 2.05) is 0 Å². The lowest BCUT2D eigenvalue weighted by atomic mass is 9.87. The van der Waals surface area contributed by atoms with Crippen LogP contribution in [0.2, 0.25) is 0 Å². The van der Waals surface area contributed by atoms with Crippen molar-refractivity contribution < 1.29 is 24.8 Å². The molecule has 1 aliphatic heterocycles. The van der Waals surface area contributed by atoms with E-state index in [9.17, 15) is 15.3 Å². The predicted molar refractivity (Wildman–Crippen MR) is 76.0 cm³/mol. The van der Waals surface area contributed by atoms with Crippen molar-refractivity contribution in [1.29, 1.82) is 0 Å². The number of hydrogen-bond acceptors (Lipinski definition) is 5. The molecule has 0 amide bonds. The van der Waals surface area contributed by atoms with Gasteiger partial charge in [0.05, 0.1) is 25.7 Å². The van der Waals surface area contributed by atoms with Crippen molar-refractivity contribution in [3.63, 3.8) is 0 Å². The zero-order valence-corrected chi connectivity index (χ0v) is 11.5. The monoisotopic (exact) mass is 288 g/mol. The molecule has 2 atom stereocenters. The Balaban J connectivity index is 1.96. The molecule has 0 bridgehead atoms. The van der Waals surface area contributed by atoms with Crippen molar-refractivity contribution in [3.8, 4) is 23.0 Å². The van der Waals surface area contributed by atoms with Gasteiger partial charge < -0.3 is 24.8 Å². The van der Waals surface area contributed by atoms with Gasteiger partial charge in [0.1, 0.15) is 23.0 Å². The Morgan fingerprint density at radius 2 is 1.86 bits per heavy atom. The van der Waals surface area contributed by atoms with E-state index in [0.29, 0.717) is 22.6 Å². The summed E-state index contributed by atoms with van der Waals surface area (Å²) >= 11 is 0. The summed E-state index contributed by atoms with van der Waals surface area (Å²) in [7, 11) is 1.52. The van der Waals surface area contributed by atoms with E-state index in [1.165, 1.54) is 25.3 Å². The second kappa shape index (κ2) is 5.18. The topological polar surface area (TPSA) is 79.2 Å². The third-order valence-electron chi connectivity index (χ3n) is 3.75. The number of aliphatic hydroxyl groups excluding tert-OH is 1. The number of rotatable bonds is 2. The van der Waals surface area contributed by atoms with Crippen LogP contribution in [0.3, 0.4) is 0 Å². The summed E-state index contributed by atoms with van der Waals surface area (Å²) in [4.78, 5) is 0. The minimum Gasteiger partial charge on any atom is -0.508 e. The molecule has 2 aromatic rings. The van der Waals surface area contributed by atoms with Crippen molar-refractivity contribution in [2.24, 2.45) is 0 Å². The van der Waals surface area contributed by atoms with E-state index in [1.54, 1.807) is 18.2 Å². The second-order valence-corrected chi connectivity index (χ2v) is 5.01. The highest BCUT2D eigenvalue weighted by atomic mass is 16.5. The first-order valence-corrected chi connectivity index (χ1v) is 6.61. The lowest BCUT2D eigenvalue weighted by molar-refractivity contribution is 0.0875. The van der Waals surface area contributed by atoms with E-state index in [4.69, 9.17) is 9.47 Å². The van der Waals surface area contributed by atoms with Gasteiger partial charge in [-0.25, -0.2) is 0 Å². The van der Waals surface area contributed by atoms with E-state index in [0.717, 1.165) is 0 Å². The molecule has 0 fully saturated rings. The maximum atomic E-state index is 10.5. The quantitative estimate of drug-likeness (QED) is 0.790. The molecule has 1 aliphatic rings. The maximum Gasteiger partial charge on any atom is 0.128 e. The molecule has 1 heterocycles. The van der Waals surface area contributed by atoms with Crippen LogP contribution >= 0.6 is 0 Å². The van der Waals surface area contributed by atoms with Gasteiger partial charge in [0, 0.05) is 23.3 Å². The molecule has 110 valence electrons.